The van der Waals surface area contributed by atoms with Crippen LogP contribution in [0.5, 0.6) is 0 Å². The van der Waals surface area contributed by atoms with Gasteiger partial charge in [0.15, 0.2) is 0 Å². The van der Waals surface area contributed by atoms with Crippen LogP contribution < -0.4 is 5.32 Å². The molecule has 120 valence electrons. The van der Waals surface area contributed by atoms with Crippen LogP contribution in [0.1, 0.15) is 24.9 Å². The van der Waals surface area contributed by atoms with Gasteiger partial charge < -0.3 is 15.3 Å². The van der Waals surface area contributed by atoms with Gasteiger partial charge in [-0.1, -0.05) is 6.92 Å². The first kappa shape index (κ1) is 16.6. The highest BCUT2D eigenvalue weighted by Crippen LogP contribution is 2.36. The molecule has 0 aromatic heterocycles. The number of carbonyl (C=O) groups excluding carboxylic acids is 1. The number of amides is 2. The molecule has 2 rings (SSSR count). The molecule has 5 nitrogen and oxygen atoms in total. The number of hydrogen-bond donors (Lipinski definition) is 2. The molecule has 1 aromatic rings. The van der Waals surface area contributed by atoms with Gasteiger partial charge in [-0.25, -0.2) is 9.18 Å². The third kappa shape index (κ3) is 3.91. The first-order valence-electron chi connectivity index (χ1n) is 7.05. The van der Waals surface area contributed by atoms with Crippen LogP contribution in [0.3, 0.4) is 0 Å². The first-order valence-corrected chi connectivity index (χ1v) is 8.03. The van der Waals surface area contributed by atoms with Gasteiger partial charge in [-0.15, -0.1) is 11.8 Å². The van der Waals surface area contributed by atoms with E-state index in [1.54, 1.807) is 31.8 Å². The number of carbonyl (C=O) groups is 2. The molecule has 1 heterocycles. The quantitative estimate of drug-likeness (QED) is 0.892. The van der Waals surface area contributed by atoms with Crippen LogP contribution >= 0.6 is 11.8 Å². The van der Waals surface area contributed by atoms with Gasteiger partial charge in [0, 0.05) is 24.2 Å². The SMILES string of the molecule is CC(CN(C)C(=O)NC1CCSc2ccc(F)cc21)C(=O)O. The Labute approximate surface area is 132 Å². The highest BCUT2D eigenvalue weighted by molar-refractivity contribution is 7.99. The Hall–Kier alpha value is -1.76. The summed E-state index contributed by atoms with van der Waals surface area (Å²) in [5.41, 5.74) is 0.782. The van der Waals surface area contributed by atoms with Crippen molar-refractivity contribution in [2.45, 2.75) is 24.3 Å². The van der Waals surface area contributed by atoms with E-state index in [9.17, 15) is 14.0 Å². The summed E-state index contributed by atoms with van der Waals surface area (Å²) in [4.78, 5) is 25.3. The van der Waals surface area contributed by atoms with Crippen molar-refractivity contribution in [2.24, 2.45) is 5.92 Å². The van der Waals surface area contributed by atoms with Gasteiger partial charge in [-0.05, 0) is 30.2 Å². The number of hydrogen-bond acceptors (Lipinski definition) is 3. The molecule has 2 amide bonds. The van der Waals surface area contributed by atoms with E-state index in [0.717, 1.165) is 22.6 Å². The molecule has 0 aliphatic carbocycles. The number of nitrogens with zero attached hydrogens (tertiary/aromatic N) is 1. The van der Waals surface area contributed by atoms with E-state index in [1.165, 1.54) is 17.0 Å². The molecule has 0 spiro atoms. The fourth-order valence-corrected chi connectivity index (χ4v) is 3.45. The van der Waals surface area contributed by atoms with Crippen LogP contribution in [0.4, 0.5) is 9.18 Å². The first-order chi connectivity index (χ1) is 10.4. The number of rotatable bonds is 4. The van der Waals surface area contributed by atoms with Crippen LogP contribution in [0, 0.1) is 11.7 Å². The zero-order chi connectivity index (χ0) is 16.3. The Morgan fingerprint density at radius 1 is 1.55 bits per heavy atom. The summed E-state index contributed by atoms with van der Waals surface area (Å²) in [6.07, 6.45) is 0.717. The molecule has 22 heavy (non-hydrogen) atoms. The van der Waals surface area contributed by atoms with Gasteiger partial charge in [0.05, 0.1) is 12.0 Å². The molecule has 0 saturated heterocycles. The number of aliphatic carboxylic acids is 1. The molecule has 0 bridgehead atoms. The third-order valence-electron chi connectivity index (χ3n) is 3.63. The number of carboxylic acids is 1. The van der Waals surface area contributed by atoms with Gasteiger partial charge in [0.1, 0.15) is 5.82 Å². The van der Waals surface area contributed by atoms with Gasteiger partial charge in [-0.3, -0.25) is 4.79 Å². The molecule has 1 aromatic carbocycles. The van der Waals surface area contributed by atoms with Crippen LogP contribution in [0.2, 0.25) is 0 Å². The molecule has 1 aliphatic heterocycles. The monoisotopic (exact) mass is 326 g/mol. The van der Waals surface area contributed by atoms with Crippen LogP contribution in [0.15, 0.2) is 23.1 Å². The number of carboxylic acid groups (broad SMARTS) is 1. The molecule has 0 radical (unpaired) electrons. The third-order valence-corrected chi connectivity index (χ3v) is 4.75. The van der Waals surface area contributed by atoms with E-state index >= 15 is 0 Å². The largest absolute Gasteiger partial charge is 0.481 e. The van der Waals surface area contributed by atoms with E-state index in [2.05, 4.69) is 5.32 Å². The fraction of sp³-hybridized carbons (Fsp3) is 0.467. The summed E-state index contributed by atoms with van der Waals surface area (Å²) in [5.74, 6) is -1.06. The summed E-state index contributed by atoms with van der Waals surface area (Å²) >= 11 is 1.64. The lowest BCUT2D eigenvalue weighted by atomic mass is 10.0. The van der Waals surface area contributed by atoms with Crippen molar-refractivity contribution in [2.75, 3.05) is 19.3 Å². The van der Waals surface area contributed by atoms with E-state index in [1.807, 2.05) is 0 Å². The zero-order valence-electron chi connectivity index (χ0n) is 12.5. The maximum absolute atomic E-state index is 13.4. The number of thioether (sulfide) groups is 1. The van der Waals surface area contributed by atoms with Crippen LogP contribution in [0.25, 0.3) is 0 Å². The van der Waals surface area contributed by atoms with Crippen molar-refractivity contribution in [1.29, 1.82) is 0 Å². The number of fused-ring (bicyclic) bond motifs is 1. The van der Waals surface area contributed by atoms with Gasteiger partial charge in [-0.2, -0.15) is 0 Å². The molecule has 2 atom stereocenters. The number of urea groups is 1. The fourth-order valence-electron chi connectivity index (χ4n) is 2.35. The average molecular weight is 326 g/mol. The molecule has 2 unspecified atom stereocenters. The number of nitrogens with one attached hydrogen (secondary N) is 1. The van der Waals surface area contributed by atoms with Crippen LogP contribution in [-0.2, 0) is 4.79 Å². The molecule has 0 saturated carbocycles. The predicted molar refractivity (Wildman–Crippen MR) is 82.4 cm³/mol. The molecule has 2 N–H and O–H groups in total. The standard InChI is InChI=1S/C15H19FN2O3S/c1-9(14(19)20)8-18(2)15(21)17-12-5-6-22-13-4-3-10(16)7-11(12)13/h3-4,7,9,12H,5-6,8H2,1-2H3,(H,17,21)(H,19,20). The van der Waals surface area contributed by atoms with Crippen LogP contribution in [-0.4, -0.2) is 41.4 Å². The summed E-state index contributed by atoms with van der Waals surface area (Å²) in [5, 5.41) is 11.8. The van der Waals surface area contributed by atoms with Gasteiger partial charge in [0.2, 0.25) is 0 Å². The number of halogens is 1. The average Bonchev–Trinajstić information content (AvgIpc) is 2.47. The van der Waals surface area contributed by atoms with Crippen molar-refractivity contribution < 1.29 is 19.1 Å². The topological polar surface area (TPSA) is 69.6 Å². The Bertz CT molecular complexity index is 582. The highest BCUT2D eigenvalue weighted by Gasteiger charge is 2.25. The van der Waals surface area contributed by atoms with E-state index in [-0.39, 0.29) is 24.4 Å². The normalized spacial score (nSPS) is 18.2. The number of benzene rings is 1. The lowest BCUT2D eigenvalue weighted by molar-refractivity contribution is -0.141. The smallest absolute Gasteiger partial charge is 0.317 e. The highest BCUT2D eigenvalue weighted by atomic mass is 32.2. The van der Waals surface area contributed by atoms with Gasteiger partial charge in [0.25, 0.3) is 0 Å². The zero-order valence-corrected chi connectivity index (χ0v) is 13.3. The Kier molecular flexibility index (Phi) is 5.28. The minimum atomic E-state index is -0.943. The Morgan fingerprint density at radius 3 is 2.95 bits per heavy atom. The second kappa shape index (κ2) is 7.00. The van der Waals surface area contributed by atoms with Crippen molar-refractivity contribution in [3.8, 4) is 0 Å². The Morgan fingerprint density at radius 2 is 2.27 bits per heavy atom. The molecule has 7 heteroatoms. The van der Waals surface area contributed by atoms with Crippen molar-refractivity contribution in [3.63, 3.8) is 0 Å². The summed E-state index contributed by atoms with van der Waals surface area (Å²) in [7, 11) is 1.55. The minimum Gasteiger partial charge on any atom is -0.481 e. The molecular formula is C15H19FN2O3S. The maximum atomic E-state index is 13.4. The minimum absolute atomic E-state index is 0.124. The molecule has 0 fully saturated rings. The van der Waals surface area contributed by atoms with E-state index in [4.69, 9.17) is 5.11 Å². The lowest BCUT2D eigenvalue weighted by Gasteiger charge is -2.28. The van der Waals surface area contributed by atoms with E-state index in [0.29, 0.717) is 0 Å². The van der Waals surface area contributed by atoms with Gasteiger partial charge >= 0.3 is 12.0 Å². The molecular weight excluding hydrogens is 307 g/mol. The predicted octanol–water partition coefficient (Wildman–Crippen LogP) is 2.72. The maximum Gasteiger partial charge on any atom is 0.317 e. The second-order valence-corrected chi connectivity index (χ2v) is 6.58. The van der Waals surface area contributed by atoms with Crippen molar-refractivity contribution >= 4 is 23.8 Å². The van der Waals surface area contributed by atoms with E-state index < -0.39 is 11.9 Å². The Balaban J connectivity index is 2.04. The molecule has 1 aliphatic rings. The summed E-state index contributed by atoms with van der Waals surface area (Å²) in [6.45, 7) is 1.67. The summed E-state index contributed by atoms with van der Waals surface area (Å²) < 4.78 is 13.4. The lowest BCUT2D eigenvalue weighted by Crippen LogP contribution is -2.42. The van der Waals surface area contributed by atoms with Crippen molar-refractivity contribution in [1.82, 2.24) is 10.2 Å². The summed E-state index contributed by atoms with van der Waals surface area (Å²) in [6, 6.07) is 4.00. The van der Waals surface area contributed by atoms with Crippen molar-refractivity contribution in [3.05, 3.63) is 29.6 Å². The second-order valence-electron chi connectivity index (χ2n) is 5.44.